The lowest BCUT2D eigenvalue weighted by molar-refractivity contribution is -0.148. The molecule has 11 nitrogen and oxygen atoms in total. The van der Waals surface area contributed by atoms with Gasteiger partial charge < -0.3 is 20.6 Å². The number of aromatic nitrogens is 2. The largest absolute Gasteiger partial charge is 0.480 e. The molecule has 3 heterocycles. The van der Waals surface area contributed by atoms with Gasteiger partial charge in [-0.25, -0.2) is 19.0 Å². The molecule has 4 rings (SSSR count). The zero-order valence-corrected chi connectivity index (χ0v) is 21.7. The van der Waals surface area contributed by atoms with Gasteiger partial charge in [0.2, 0.25) is 5.91 Å². The molecule has 0 aliphatic carbocycles. The molecule has 3 atom stereocenters. The van der Waals surface area contributed by atoms with Gasteiger partial charge in [0.15, 0.2) is 0 Å². The third-order valence-corrected chi connectivity index (χ3v) is 7.48. The van der Waals surface area contributed by atoms with E-state index in [0.29, 0.717) is 23.7 Å². The Balaban J connectivity index is 1.62. The van der Waals surface area contributed by atoms with Gasteiger partial charge in [0, 0.05) is 38.6 Å². The monoisotopic (exact) mass is 526 g/mol. The molecule has 1 aliphatic rings. The van der Waals surface area contributed by atoms with Crippen LogP contribution in [0.25, 0.3) is 10.8 Å². The number of likely N-dealkylation sites (tertiary alicyclic amines) is 1. The van der Waals surface area contributed by atoms with E-state index < -0.39 is 35.2 Å². The summed E-state index contributed by atoms with van der Waals surface area (Å²) in [5.41, 5.74) is 8.04. The highest BCUT2D eigenvalue weighted by molar-refractivity contribution is 7.80. The van der Waals surface area contributed by atoms with Crippen molar-refractivity contribution < 1.29 is 23.5 Å². The Bertz CT molecular complexity index is 1350. The molecule has 37 heavy (non-hydrogen) atoms. The molecule has 1 fully saturated rings. The van der Waals surface area contributed by atoms with E-state index in [-0.39, 0.29) is 19.4 Å². The molecule has 0 saturated carbocycles. The Labute approximate surface area is 217 Å². The maximum Gasteiger partial charge on any atom is 0.326 e. The van der Waals surface area contributed by atoms with Gasteiger partial charge in [-0.3, -0.25) is 13.7 Å². The second-order valence-corrected chi connectivity index (χ2v) is 9.97. The molecule has 1 aromatic carbocycles. The molecular formula is C25H30N6O5S. The van der Waals surface area contributed by atoms with E-state index in [0.717, 1.165) is 26.2 Å². The van der Waals surface area contributed by atoms with Gasteiger partial charge in [0.1, 0.15) is 23.7 Å². The van der Waals surface area contributed by atoms with E-state index in [9.17, 15) is 23.5 Å². The molecule has 0 spiro atoms. The molecule has 12 heteroatoms. The second-order valence-electron chi connectivity index (χ2n) is 9.11. The first kappa shape index (κ1) is 26.3. The number of hydrogen-bond acceptors (Lipinski definition) is 7. The Kier molecular flexibility index (Phi) is 7.60. The van der Waals surface area contributed by atoms with Gasteiger partial charge in [-0.2, -0.15) is 0 Å². The van der Waals surface area contributed by atoms with E-state index in [2.05, 4.69) is 9.97 Å². The minimum atomic E-state index is -2.52. The van der Waals surface area contributed by atoms with Crippen LogP contribution < -0.4 is 14.9 Å². The minimum Gasteiger partial charge on any atom is -0.480 e. The summed E-state index contributed by atoms with van der Waals surface area (Å²) in [6, 6.07) is 6.79. The zero-order chi connectivity index (χ0) is 26.9. The fourth-order valence-corrected chi connectivity index (χ4v) is 5.46. The van der Waals surface area contributed by atoms with Crippen molar-refractivity contribution in [2.75, 3.05) is 35.6 Å². The Morgan fingerprint density at radius 2 is 2.00 bits per heavy atom. The summed E-state index contributed by atoms with van der Waals surface area (Å²) in [6.45, 7) is 2.11. The lowest BCUT2D eigenvalue weighted by Gasteiger charge is -2.28. The molecule has 1 amide bonds. The predicted molar refractivity (Wildman–Crippen MR) is 143 cm³/mol. The number of fused-ring (bicyclic) bond motifs is 1. The maximum atomic E-state index is 13.5. The first-order valence-corrected chi connectivity index (χ1v) is 12.9. The van der Waals surface area contributed by atoms with E-state index in [1.807, 2.05) is 39.2 Å². The number of carbonyl (C=O) groups is 2. The summed E-state index contributed by atoms with van der Waals surface area (Å²) in [6.07, 6.45) is 3.97. The van der Waals surface area contributed by atoms with Crippen molar-refractivity contribution in [3.8, 4) is 0 Å². The predicted octanol–water partition coefficient (Wildman–Crippen LogP) is 2.08. The highest BCUT2D eigenvalue weighted by Gasteiger charge is 2.43. The lowest BCUT2D eigenvalue weighted by Crippen LogP contribution is -2.48. The van der Waals surface area contributed by atoms with E-state index in [1.165, 1.54) is 11.1 Å². The van der Waals surface area contributed by atoms with Crippen LogP contribution in [-0.2, 0) is 33.7 Å². The molecule has 4 N–H and O–H groups in total. The van der Waals surface area contributed by atoms with Crippen LogP contribution in [0.2, 0.25) is 0 Å². The number of nitrogens with two attached hydrogens (primary N) is 1. The van der Waals surface area contributed by atoms with E-state index in [4.69, 9.17) is 5.73 Å². The molecule has 1 aliphatic heterocycles. The van der Waals surface area contributed by atoms with Gasteiger partial charge in [0.05, 0.1) is 11.9 Å². The number of aliphatic carboxylic acids is 1. The van der Waals surface area contributed by atoms with Gasteiger partial charge in [-0.05, 0) is 53.6 Å². The Morgan fingerprint density at radius 3 is 2.59 bits per heavy atom. The normalized spacial score (nSPS) is 17.1. The lowest BCUT2D eigenvalue weighted by atomic mass is 9.94. The van der Waals surface area contributed by atoms with Gasteiger partial charge in [0.25, 0.3) is 11.3 Å². The van der Waals surface area contributed by atoms with Crippen LogP contribution in [0.1, 0.15) is 24.5 Å². The quantitative estimate of drug-likeness (QED) is 0.356. The van der Waals surface area contributed by atoms with Crippen molar-refractivity contribution in [3.05, 3.63) is 53.9 Å². The molecule has 1 saturated heterocycles. The maximum absolute atomic E-state index is 13.5. The van der Waals surface area contributed by atoms with Crippen LogP contribution in [0.15, 0.2) is 42.7 Å². The van der Waals surface area contributed by atoms with Crippen LogP contribution in [-0.4, -0.2) is 73.3 Å². The number of nitrogens with zero attached hydrogens (tertiary/aromatic N) is 5. The number of pyridine rings is 2. The number of benzene rings is 1. The summed E-state index contributed by atoms with van der Waals surface area (Å²) in [7, 11) is 3.64. The average Bonchev–Trinajstić information content (AvgIpc) is 3.22. The number of carboxylic acids is 1. The standard InChI is InChI=1S/C25H30N6O5S/c1-4-15-12-19-16(7-9-27-23(19)26)11-17(15)13-21(25(33)34)30-10-8-20(24(30)32)31(37(35)36)18-5-6-22(28-14-18)29(2)3/h5-7,9,11-12,14,20-21H,4,8,10,13H2,1-3H3,(H2,26,27)(H,33,34)(H,35,36)/t20-,21+/m0/s1. The van der Waals surface area contributed by atoms with E-state index in [1.54, 1.807) is 23.2 Å². The van der Waals surface area contributed by atoms with Gasteiger partial charge in [-0.15, -0.1) is 0 Å². The molecule has 0 radical (unpaired) electrons. The van der Waals surface area contributed by atoms with Crippen LogP contribution in [0.3, 0.4) is 0 Å². The Hall–Kier alpha value is -3.77. The summed E-state index contributed by atoms with van der Waals surface area (Å²) in [5, 5.41) is 11.7. The Morgan fingerprint density at radius 1 is 1.24 bits per heavy atom. The number of anilines is 3. The second kappa shape index (κ2) is 10.7. The molecule has 196 valence electrons. The summed E-state index contributed by atoms with van der Waals surface area (Å²) >= 11 is -2.52. The molecule has 2 aromatic heterocycles. The third-order valence-electron chi connectivity index (χ3n) is 6.68. The molecule has 0 bridgehead atoms. The smallest absolute Gasteiger partial charge is 0.326 e. The molecule has 1 unspecified atom stereocenters. The number of amides is 1. The number of carbonyl (C=O) groups excluding carboxylic acids is 1. The van der Waals surface area contributed by atoms with Gasteiger partial charge in [-0.1, -0.05) is 13.0 Å². The van der Waals surface area contributed by atoms with E-state index >= 15 is 0 Å². The number of rotatable bonds is 9. The highest BCUT2D eigenvalue weighted by atomic mass is 32.2. The van der Waals surface area contributed by atoms with Gasteiger partial charge >= 0.3 is 5.97 Å². The van der Waals surface area contributed by atoms with Crippen molar-refractivity contribution in [2.45, 2.75) is 38.3 Å². The first-order valence-electron chi connectivity index (χ1n) is 11.8. The fraction of sp³-hybridized carbons (Fsp3) is 0.360. The van der Waals surface area contributed by atoms with Crippen molar-refractivity contribution in [3.63, 3.8) is 0 Å². The van der Waals surface area contributed by atoms with Crippen molar-refractivity contribution in [1.82, 2.24) is 14.9 Å². The summed E-state index contributed by atoms with van der Waals surface area (Å²) in [4.78, 5) is 37.3. The van der Waals surface area contributed by atoms with Crippen molar-refractivity contribution >= 4 is 51.2 Å². The summed E-state index contributed by atoms with van der Waals surface area (Å²) < 4.78 is 23.4. The average molecular weight is 527 g/mol. The number of hydrogen-bond donors (Lipinski definition) is 3. The van der Waals surface area contributed by atoms with Crippen molar-refractivity contribution in [2.24, 2.45) is 0 Å². The topological polar surface area (TPSA) is 153 Å². The van der Waals surface area contributed by atoms with Crippen LogP contribution in [0.4, 0.5) is 17.3 Å². The zero-order valence-electron chi connectivity index (χ0n) is 20.9. The summed E-state index contributed by atoms with van der Waals surface area (Å²) in [5.74, 6) is -0.605. The minimum absolute atomic E-state index is 0.0937. The van der Waals surface area contributed by atoms with Crippen LogP contribution in [0.5, 0.6) is 0 Å². The van der Waals surface area contributed by atoms with Crippen molar-refractivity contribution in [1.29, 1.82) is 0 Å². The number of aryl methyl sites for hydroxylation is 1. The number of carboxylic acid groups (broad SMARTS) is 1. The fourth-order valence-electron chi connectivity index (χ4n) is 4.76. The molecular weight excluding hydrogens is 496 g/mol. The SMILES string of the molecule is CCc1cc2c(N)nccc2cc1C[C@H](C(=O)O)N1CC[C@H](N(c2ccc(N(C)C)nc2)S(=O)O)C1=O. The third kappa shape index (κ3) is 5.20. The first-order chi connectivity index (χ1) is 17.6. The number of nitrogen functional groups attached to an aromatic ring is 1. The van der Waals surface area contributed by atoms with Crippen LogP contribution >= 0.6 is 0 Å². The highest BCUT2D eigenvalue weighted by Crippen LogP contribution is 2.30. The molecule has 3 aromatic rings. The van der Waals surface area contributed by atoms with Crippen LogP contribution in [0, 0.1) is 0 Å².